The second-order valence-corrected chi connectivity index (χ2v) is 6.21. The molecule has 3 rings (SSSR count). The second kappa shape index (κ2) is 7.83. The lowest BCUT2D eigenvalue weighted by molar-refractivity contribution is 0.460. The van der Waals surface area contributed by atoms with E-state index in [0.717, 1.165) is 35.5 Å². The Morgan fingerprint density at radius 3 is 1.50 bits per heavy atom. The highest BCUT2D eigenvalue weighted by atomic mass is 16.5. The second-order valence-electron chi connectivity index (χ2n) is 6.21. The van der Waals surface area contributed by atoms with Crippen LogP contribution >= 0.6 is 0 Å². The summed E-state index contributed by atoms with van der Waals surface area (Å²) in [5.74, 6) is 2.82. The highest BCUT2D eigenvalue weighted by Gasteiger charge is 2.05. The number of nitrogen functional groups attached to an aromatic ring is 2. The first-order chi connectivity index (χ1) is 12.6. The van der Waals surface area contributed by atoms with Crippen LogP contribution in [0.2, 0.25) is 0 Å². The summed E-state index contributed by atoms with van der Waals surface area (Å²) in [6.07, 6.45) is 1.81. The van der Waals surface area contributed by atoms with Crippen LogP contribution in [0, 0.1) is 0 Å². The first-order valence-corrected chi connectivity index (χ1v) is 8.80. The van der Waals surface area contributed by atoms with Gasteiger partial charge in [0.15, 0.2) is 0 Å². The van der Waals surface area contributed by atoms with Gasteiger partial charge in [0.1, 0.15) is 23.0 Å². The van der Waals surface area contributed by atoms with Gasteiger partial charge in [-0.25, -0.2) is 0 Å². The summed E-state index contributed by atoms with van der Waals surface area (Å²) in [5.41, 5.74) is 15.6. The van der Waals surface area contributed by atoms with Crippen molar-refractivity contribution in [2.75, 3.05) is 11.5 Å². The summed E-state index contributed by atoms with van der Waals surface area (Å²) in [7, 11) is 0. The molecule has 0 spiro atoms. The van der Waals surface area contributed by atoms with Gasteiger partial charge < -0.3 is 20.9 Å². The molecule has 0 fully saturated rings. The van der Waals surface area contributed by atoms with Crippen LogP contribution in [0.1, 0.15) is 25.0 Å². The molecule has 0 aliphatic heterocycles. The molecule has 4 N–H and O–H groups in total. The van der Waals surface area contributed by atoms with E-state index >= 15 is 0 Å². The van der Waals surface area contributed by atoms with Gasteiger partial charge in [-0.1, -0.05) is 19.9 Å². The van der Waals surface area contributed by atoms with Crippen molar-refractivity contribution < 1.29 is 9.47 Å². The number of anilines is 2. The zero-order chi connectivity index (χ0) is 18.5. The molecule has 0 radical (unpaired) electrons. The fraction of sp³-hybridized carbons (Fsp3) is 0.182. The average molecular weight is 348 g/mol. The molecule has 0 aliphatic rings. The Bertz CT molecular complexity index is 836. The number of hydrogen-bond acceptors (Lipinski definition) is 4. The number of aryl methyl sites for hydroxylation is 2. The molecule has 4 nitrogen and oxygen atoms in total. The summed E-state index contributed by atoms with van der Waals surface area (Å²) < 4.78 is 11.9. The number of ether oxygens (including phenoxy) is 2. The van der Waals surface area contributed by atoms with Crippen LogP contribution in [0.3, 0.4) is 0 Å². The van der Waals surface area contributed by atoms with Crippen molar-refractivity contribution in [3.8, 4) is 23.0 Å². The van der Waals surface area contributed by atoms with E-state index in [0.29, 0.717) is 22.9 Å². The number of nitrogens with two attached hydrogens (primary N) is 2. The molecule has 4 heteroatoms. The quantitative estimate of drug-likeness (QED) is 0.572. The van der Waals surface area contributed by atoms with Crippen molar-refractivity contribution in [2.24, 2.45) is 0 Å². The maximum atomic E-state index is 5.96. The first-order valence-electron chi connectivity index (χ1n) is 8.80. The molecule has 0 heterocycles. The smallest absolute Gasteiger partial charge is 0.131 e. The maximum absolute atomic E-state index is 5.96. The summed E-state index contributed by atoms with van der Waals surface area (Å²) in [6, 6.07) is 19.1. The van der Waals surface area contributed by atoms with Gasteiger partial charge in [-0.05, 0) is 60.4 Å². The monoisotopic (exact) mass is 348 g/mol. The molecule has 0 bridgehead atoms. The maximum Gasteiger partial charge on any atom is 0.131 e. The molecule has 0 unspecified atom stereocenters. The van der Waals surface area contributed by atoms with Crippen molar-refractivity contribution in [1.29, 1.82) is 0 Å². The Kier molecular flexibility index (Phi) is 5.32. The van der Waals surface area contributed by atoms with E-state index in [2.05, 4.69) is 13.8 Å². The largest absolute Gasteiger partial charge is 0.457 e. The molecule has 134 valence electrons. The lowest BCUT2D eigenvalue weighted by atomic mass is 10.1. The van der Waals surface area contributed by atoms with Crippen molar-refractivity contribution in [1.82, 2.24) is 0 Å². The zero-order valence-electron chi connectivity index (χ0n) is 15.2. The fourth-order valence-electron chi connectivity index (χ4n) is 2.77. The van der Waals surface area contributed by atoms with Gasteiger partial charge in [0.05, 0.1) is 0 Å². The predicted molar refractivity (Wildman–Crippen MR) is 107 cm³/mol. The molecule has 0 aliphatic carbocycles. The summed E-state index contributed by atoms with van der Waals surface area (Å²) >= 11 is 0. The van der Waals surface area contributed by atoms with E-state index in [1.807, 2.05) is 60.7 Å². The third-order valence-corrected chi connectivity index (χ3v) is 4.07. The van der Waals surface area contributed by atoms with E-state index in [1.165, 1.54) is 0 Å². The first kappa shape index (κ1) is 17.7. The van der Waals surface area contributed by atoms with E-state index < -0.39 is 0 Å². The van der Waals surface area contributed by atoms with Gasteiger partial charge in [0, 0.05) is 29.6 Å². The Morgan fingerprint density at radius 2 is 1.08 bits per heavy atom. The van der Waals surface area contributed by atoms with Crippen LogP contribution in [0.5, 0.6) is 23.0 Å². The Morgan fingerprint density at radius 1 is 0.615 bits per heavy atom. The number of rotatable bonds is 6. The molecule has 0 saturated heterocycles. The molecule has 3 aromatic rings. The van der Waals surface area contributed by atoms with Crippen LogP contribution < -0.4 is 20.9 Å². The van der Waals surface area contributed by atoms with Crippen LogP contribution in [-0.4, -0.2) is 0 Å². The fourth-order valence-corrected chi connectivity index (χ4v) is 2.77. The van der Waals surface area contributed by atoms with E-state index in [1.54, 1.807) is 0 Å². The highest BCUT2D eigenvalue weighted by Crippen LogP contribution is 2.31. The van der Waals surface area contributed by atoms with Crippen molar-refractivity contribution in [3.63, 3.8) is 0 Å². The molecule has 0 atom stereocenters. The van der Waals surface area contributed by atoms with Gasteiger partial charge in [0.25, 0.3) is 0 Å². The van der Waals surface area contributed by atoms with Crippen molar-refractivity contribution in [2.45, 2.75) is 26.7 Å². The third kappa shape index (κ3) is 4.48. The van der Waals surface area contributed by atoms with Gasteiger partial charge in [-0.15, -0.1) is 0 Å². The van der Waals surface area contributed by atoms with Crippen LogP contribution in [-0.2, 0) is 12.8 Å². The molecule has 0 saturated carbocycles. The summed E-state index contributed by atoms with van der Waals surface area (Å²) in [4.78, 5) is 0. The Hall–Kier alpha value is -3.14. The molecular weight excluding hydrogens is 324 g/mol. The topological polar surface area (TPSA) is 70.5 Å². The number of benzene rings is 3. The van der Waals surface area contributed by atoms with Gasteiger partial charge >= 0.3 is 0 Å². The standard InChI is InChI=1S/C22H24N2O2/c1-3-15-8-17(23)12-21(10-15)25-19-6-5-7-20(14-19)26-22-11-16(4-2)9-18(24)13-22/h5-14H,3-4,23-24H2,1-2H3. The zero-order valence-corrected chi connectivity index (χ0v) is 15.2. The normalized spacial score (nSPS) is 10.5. The van der Waals surface area contributed by atoms with E-state index in [9.17, 15) is 0 Å². The summed E-state index contributed by atoms with van der Waals surface area (Å²) in [6.45, 7) is 4.17. The van der Waals surface area contributed by atoms with Crippen molar-refractivity contribution in [3.05, 3.63) is 71.8 Å². The Labute approximate surface area is 154 Å². The van der Waals surface area contributed by atoms with Crippen LogP contribution in [0.15, 0.2) is 60.7 Å². The average Bonchev–Trinajstić information content (AvgIpc) is 2.61. The van der Waals surface area contributed by atoms with E-state index in [4.69, 9.17) is 20.9 Å². The Balaban J connectivity index is 1.80. The molecular formula is C22H24N2O2. The molecule has 3 aromatic carbocycles. The molecule has 26 heavy (non-hydrogen) atoms. The molecule has 0 aromatic heterocycles. The van der Waals surface area contributed by atoms with Gasteiger partial charge in [0.2, 0.25) is 0 Å². The SMILES string of the molecule is CCc1cc(N)cc(Oc2cccc(Oc3cc(N)cc(CC)c3)c2)c1. The predicted octanol–water partition coefficient (Wildman–Crippen LogP) is 5.56. The summed E-state index contributed by atoms with van der Waals surface area (Å²) in [5, 5.41) is 0. The third-order valence-electron chi connectivity index (χ3n) is 4.07. The van der Waals surface area contributed by atoms with Gasteiger partial charge in [-0.2, -0.15) is 0 Å². The number of hydrogen-bond donors (Lipinski definition) is 2. The lowest BCUT2D eigenvalue weighted by Crippen LogP contribution is -1.93. The van der Waals surface area contributed by atoms with Gasteiger partial charge in [-0.3, -0.25) is 0 Å². The highest BCUT2D eigenvalue weighted by molar-refractivity contribution is 5.51. The minimum atomic E-state index is 0.690. The lowest BCUT2D eigenvalue weighted by Gasteiger charge is -2.11. The van der Waals surface area contributed by atoms with Crippen molar-refractivity contribution >= 4 is 11.4 Å². The van der Waals surface area contributed by atoms with Crippen LogP contribution in [0.25, 0.3) is 0 Å². The van der Waals surface area contributed by atoms with Crippen LogP contribution in [0.4, 0.5) is 11.4 Å². The minimum absolute atomic E-state index is 0.690. The van der Waals surface area contributed by atoms with E-state index in [-0.39, 0.29) is 0 Å². The molecule has 0 amide bonds. The minimum Gasteiger partial charge on any atom is -0.457 e.